The van der Waals surface area contributed by atoms with Crippen molar-refractivity contribution >= 4 is 85.9 Å². The fourth-order valence-electron chi connectivity index (χ4n) is 10.3. The molecule has 0 aliphatic carbocycles. The highest BCUT2D eigenvalue weighted by atomic mass is 32.1. The van der Waals surface area contributed by atoms with Crippen LogP contribution in [-0.2, 0) is 0 Å². The van der Waals surface area contributed by atoms with Crippen LogP contribution in [0.1, 0.15) is 0 Å². The largest absolute Gasteiger partial charge is 0.309 e. The number of nitrogens with zero attached hydrogens (tertiary/aromatic N) is 6. The number of rotatable bonds is 6. The standard InChI is InChI=1S/C60H36N6S/c1-2-12-39(13-3-1)60-63-51(38-24-22-37(23-25-38)48-32-40-14-4-5-15-44(40)58-47-18-8-11-21-57(47)67-59(48)58)34-52(64-60)41-30-42(65-53-19-9-6-16-45(53)49-35-61-28-26-55(49)65)33-43(31-41)66-54-20-10-7-17-46(54)50-36-62-29-27-56(50)66/h1-36H. The lowest BCUT2D eigenvalue weighted by Gasteiger charge is -2.16. The summed E-state index contributed by atoms with van der Waals surface area (Å²) in [4.78, 5) is 19.8. The van der Waals surface area contributed by atoms with Crippen molar-refractivity contribution in [3.63, 3.8) is 0 Å². The van der Waals surface area contributed by atoms with Crippen LogP contribution >= 0.6 is 11.3 Å². The summed E-state index contributed by atoms with van der Waals surface area (Å²) in [6.07, 6.45) is 7.69. The van der Waals surface area contributed by atoms with Gasteiger partial charge in [-0.2, -0.15) is 0 Å². The Morgan fingerprint density at radius 1 is 0.373 bits per heavy atom. The van der Waals surface area contributed by atoms with Gasteiger partial charge in [0.15, 0.2) is 5.82 Å². The van der Waals surface area contributed by atoms with E-state index in [9.17, 15) is 0 Å². The third kappa shape index (κ3) is 5.95. The number of pyridine rings is 2. The van der Waals surface area contributed by atoms with Gasteiger partial charge in [0, 0.05) is 100 Å². The fraction of sp³-hybridized carbons (Fsp3) is 0. The first-order valence-corrected chi connectivity index (χ1v) is 23.2. The molecule has 0 fully saturated rings. The minimum Gasteiger partial charge on any atom is -0.309 e. The second-order valence-electron chi connectivity index (χ2n) is 17.1. The zero-order chi connectivity index (χ0) is 44.0. The molecule has 0 N–H and O–H groups in total. The van der Waals surface area contributed by atoms with Crippen molar-refractivity contribution in [2.24, 2.45) is 0 Å². The molecular weight excluding hydrogens is 837 g/mol. The number of aromatic nitrogens is 6. The number of hydrogen-bond acceptors (Lipinski definition) is 5. The van der Waals surface area contributed by atoms with Crippen LogP contribution in [0.4, 0.5) is 0 Å². The molecule has 0 unspecified atom stereocenters. The highest BCUT2D eigenvalue weighted by molar-refractivity contribution is 7.26. The van der Waals surface area contributed by atoms with E-state index in [0.29, 0.717) is 5.82 Å². The Morgan fingerprint density at radius 3 is 1.58 bits per heavy atom. The fourth-order valence-corrected chi connectivity index (χ4v) is 11.5. The van der Waals surface area contributed by atoms with E-state index in [1.165, 1.54) is 42.1 Å². The van der Waals surface area contributed by atoms with Crippen molar-refractivity contribution in [1.82, 2.24) is 29.1 Å². The average Bonchev–Trinajstić information content (AvgIpc) is 4.07. The maximum absolute atomic E-state index is 5.39. The van der Waals surface area contributed by atoms with E-state index in [2.05, 4.69) is 195 Å². The number of para-hydroxylation sites is 2. The Hall–Kier alpha value is -8.78. The van der Waals surface area contributed by atoms with Gasteiger partial charge in [-0.05, 0) is 77.0 Å². The molecule has 0 atom stereocenters. The zero-order valence-electron chi connectivity index (χ0n) is 35.9. The van der Waals surface area contributed by atoms with Gasteiger partial charge in [-0.3, -0.25) is 9.97 Å². The SMILES string of the molecule is c1ccc(-c2nc(-c3ccc(-c4cc5ccccc5c5c4sc4ccccc45)cc3)cc(-c3cc(-n4c5ccccc5c5cnccc54)cc(-n4c5ccccc5c5cnccc54)c3)n2)cc1. The summed E-state index contributed by atoms with van der Waals surface area (Å²) >= 11 is 1.87. The maximum Gasteiger partial charge on any atom is 0.160 e. The minimum absolute atomic E-state index is 0.663. The molecule has 6 nitrogen and oxygen atoms in total. The van der Waals surface area contributed by atoms with E-state index in [0.717, 1.165) is 83.1 Å². The molecule has 6 aromatic heterocycles. The third-order valence-corrected chi connectivity index (χ3v) is 14.5. The van der Waals surface area contributed by atoms with Gasteiger partial charge < -0.3 is 9.13 Å². The van der Waals surface area contributed by atoms with Gasteiger partial charge in [0.1, 0.15) is 0 Å². The summed E-state index contributed by atoms with van der Waals surface area (Å²) in [6.45, 7) is 0. The van der Waals surface area contributed by atoms with Crippen LogP contribution in [0.2, 0.25) is 0 Å². The molecule has 67 heavy (non-hydrogen) atoms. The monoisotopic (exact) mass is 872 g/mol. The summed E-state index contributed by atoms with van der Waals surface area (Å²) in [5.74, 6) is 0.663. The molecule has 6 heterocycles. The van der Waals surface area contributed by atoms with Gasteiger partial charge in [-0.25, -0.2) is 9.97 Å². The van der Waals surface area contributed by atoms with Gasteiger partial charge >= 0.3 is 0 Å². The molecule has 0 aliphatic rings. The first kappa shape index (κ1) is 37.6. The molecule has 0 aliphatic heterocycles. The van der Waals surface area contributed by atoms with Crippen LogP contribution in [0.3, 0.4) is 0 Å². The second kappa shape index (κ2) is 14.9. The lowest BCUT2D eigenvalue weighted by molar-refractivity contribution is 1.12. The molecule has 0 radical (unpaired) electrons. The minimum atomic E-state index is 0.663. The summed E-state index contributed by atoms with van der Waals surface area (Å²) < 4.78 is 7.31. The van der Waals surface area contributed by atoms with Crippen LogP contribution < -0.4 is 0 Å². The van der Waals surface area contributed by atoms with Crippen LogP contribution in [0.5, 0.6) is 0 Å². The number of thiophene rings is 1. The first-order valence-electron chi connectivity index (χ1n) is 22.4. The zero-order valence-corrected chi connectivity index (χ0v) is 36.7. The second-order valence-corrected chi connectivity index (χ2v) is 18.1. The Morgan fingerprint density at radius 2 is 0.910 bits per heavy atom. The van der Waals surface area contributed by atoms with Crippen LogP contribution in [-0.4, -0.2) is 29.1 Å². The predicted molar refractivity (Wildman–Crippen MR) is 278 cm³/mol. The predicted octanol–water partition coefficient (Wildman–Crippen LogP) is 15.6. The average molecular weight is 873 g/mol. The summed E-state index contributed by atoms with van der Waals surface area (Å²) in [6, 6.07) is 69.4. The quantitative estimate of drug-likeness (QED) is 0.167. The molecule has 0 bridgehead atoms. The number of fused-ring (bicyclic) bond motifs is 11. The molecule has 0 spiro atoms. The van der Waals surface area contributed by atoms with Crippen LogP contribution in [0.15, 0.2) is 219 Å². The normalized spacial score (nSPS) is 11.9. The molecule has 7 heteroatoms. The smallest absolute Gasteiger partial charge is 0.160 e. The van der Waals surface area contributed by atoms with Crippen molar-refractivity contribution in [2.75, 3.05) is 0 Å². The summed E-state index contributed by atoms with van der Waals surface area (Å²) in [5, 5.41) is 9.65. The van der Waals surface area contributed by atoms with E-state index in [1.54, 1.807) is 0 Å². The molecular formula is C60H36N6S. The van der Waals surface area contributed by atoms with E-state index < -0.39 is 0 Å². The van der Waals surface area contributed by atoms with Gasteiger partial charge in [0.2, 0.25) is 0 Å². The number of benzene rings is 8. The Balaban J connectivity index is 0.990. The van der Waals surface area contributed by atoms with Crippen molar-refractivity contribution in [2.45, 2.75) is 0 Å². The number of hydrogen-bond donors (Lipinski definition) is 0. The van der Waals surface area contributed by atoms with Gasteiger partial charge in [-0.15, -0.1) is 11.3 Å². The van der Waals surface area contributed by atoms with E-state index >= 15 is 0 Å². The lowest BCUT2D eigenvalue weighted by atomic mass is 9.96. The maximum atomic E-state index is 5.39. The summed E-state index contributed by atoms with van der Waals surface area (Å²) in [7, 11) is 0. The molecule has 8 aromatic carbocycles. The Labute approximate surface area is 388 Å². The van der Waals surface area contributed by atoms with Crippen LogP contribution in [0.25, 0.3) is 131 Å². The third-order valence-electron chi connectivity index (χ3n) is 13.3. The van der Waals surface area contributed by atoms with Crippen molar-refractivity contribution in [3.8, 4) is 56.4 Å². The van der Waals surface area contributed by atoms with Gasteiger partial charge in [0.05, 0.1) is 33.5 Å². The van der Waals surface area contributed by atoms with E-state index in [1.807, 2.05) is 54.3 Å². The molecule has 0 saturated carbocycles. The summed E-state index contributed by atoms with van der Waals surface area (Å²) in [5.41, 5.74) is 13.4. The molecule has 0 saturated heterocycles. The lowest BCUT2D eigenvalue weighted by Crippen LogP contribution is -2.01. The topological polar surface area (TPSA) is 61.4 Å². The Bertz CT molecular complexity index is 4040. The highest BCUT2D eigenvalue weighted by Crippen LogP contribution is 2.45. The molecule has 312 valence electrons. The molecule has 0 amide bonds. The van der Waals surface area contributed by atoms with Gasteiger partial charge in [0.25, 0.3) is 0 Å². The molecule has 14 aromatic rings. The highest BCUT2D eigenvalue weighted by Gasteiger charge is 2.20. The first-order chi connectivity index (χ1) is 33.2. The van der Waals surface area contributed by atoms with Crippen LogP contribution in [0, 0.1) is 0 Å². The van der Waals surface area contributed by atoms with Crippen molar-refractivity contribution in [1.29, 1.82) is 0 Å². The van der Waals surface area contributed by atoms with Crippen molar-refractivity contribution in [3.05, 3.63) is 219 Å². The Kier molecular flexibility index (Phi) is 8.35. The van der Waals surface area contributed by atoms with Crippen molar-refractivity contribution < 1.29 is 0 Å². The van der Waals surface area contributed by atoms with E-state index in [4.69, 9.17) is 9.97 Å². The molecule has 14 rings (SSSR count). The van der Waals surface area contributed by atoms with Gasteiger partial charge in [-0.1, -0.05) is 133 Å². The van der Waals surface area contributed by atoms with E-state index in [-0.39, 0.29) is 0 Å².